The minimum atomic E-state index is 0.0432. The van der Waals surface area contributed by atoms with E-state index in [1.54, 1.807) is 17.5 Å². The highest BCUT2D eigenvalue weighted by Gasteiger charge is 2.10. The van der Waals surface area contributed by atoms with Gasteiger partial charge in [-0.25, -0.2) is 19.9 Å². The summed E-state index contributed by atoms with van der Waals surface area (Å²) < 4.78 is 1.15. The van der Waals surface area contributed by atoms with Gasteiger partial charge in [-0.2, -0.15) is 0 Å². The van der Waals surface area contributed by atoms with E-state index < -0.39 is 0 Å². The van der Waals surface area contributed by atoms with Crippen LogP contribution in [0.4, 0.5) is 5.82 Å². The number of hydrogen-bond donors (Lipinski definition) is 1. The second-order valence-electron chi connectivity index (χ2n) is 6.00. The molecule has 1 aromatic carbocycles. The lowest BCUT2D eigenvalue weighted by Gasteiger charge is -2.16. The van der Waals surface area contributed by atoms with Crippen molar-refractivity contribution in [2.24, 2.45) is 0 Å². The lowest BCUT2D eigenvalue weighted by Crippen LogP contribution is -2.09. The Balaban J connectivity index is 1.65. The maximum Gasteiger partial charge on any atom is 0.130 e. The number of thiazole rings is 1. The lowest BCUT2D eigenvalue weighted by atomic mass is 10.1. The van der Waals surface area contributed by atoms with Gasteiger partial charge in [0.25, 0.3) is 0 Å². The Labute approximate surface area is 160 Å². The Morgan fingerprint density at radius 3 is 2.81 bits per heavy atom. The first-order chi connectivity index (χ1) is 12.6. The summed E-state index contributed by atoms with van der Waals surface area (Å²) in [4.78, 5) is 17.5. The summed E-state index contributed by atoms with van der Waals surface area (Å²) in [5, 5.41) is 3.90. The van der Waals surface area contributed by atoms with Crippen molar-refractivity contribution in [3.63, 3.8) is 0 Å². The molecule has 1 unspecified atom stereocenters. The molecular formula is C19H16ClN5S. The quantitative estimate of drug-likeness (QED) is 0.487. The van der Waals surface area contributed by atoms with Crippen molar-refractivity contribution in [1.82, 2.24) is 19.9 Å². The standard InChI is InChI=1S/C19H16ClN5S/c1-11(13-5-6-21-18(20)8-13)23-19-9-16(24-12(2)25-19)14-3-4-15-17(7-14)26-10-22-15/h3-11H,1-2H3,(H,23,24,25). The zero-order valence-corrected chi connectivity index (χ0v) is 15.8. The zero-order chi connectivity index (χ0) is 18.1. The lowest BCUT2D eigenvalue weighted by molar-refractivity contribution is 0.864. The zero-order valence-electron chi connectivity index (χ0n) is 14.3. The molecule has 3 heterocycles. The second-order valence-corrected chi connectivity index (χ2v) is 7.27. The molecule has 26 heavy (non-hydrogen) atoms. The number of aryl methyl sites for hydroxylation is 1. The van der Waals surface area contributed by atoms with Crippen LogP contribution in [0.1, 0.15) is 24.4 Å². The number of halogens is 1. The van der Waals surface area contributed by atoms with Gasteiger partial charge in [0.2, 0.25) is 0 Å². The third-order valence-corrected chi connectivity index (χ3v) is 5.08. The second kappa shape index (κ2) is 6.97. The highest BCUT2D eigenvalue weighted by atomic mass is 35.5. The van der Waals surface area contributed by atoms with Crippen molar-refractivity contribution < 1.29 is 0 Å². The van der Waals surface area contributed by atoms with Crippen molar-refractivity contribution in [1.29, 1.82) is 0 Å². The smallest absolute Gasteiger partial charge is 0.130 e. The van der Waals surface area contributed by atoms with Gasteiger partial charge in [-0.05, 0) is 43.7 Å². The van der Waals surface area contributed by atoms with Crippen molar-refractivity contribution in [2.75, 3.05) is 5.32 Å². The van der Waals surface area contributed by atoms with Crippen LogP contribution in [0.3, 0.4) is 0 Å². The number of aromatic nitrogens is 4. The molecule has 5 nitrogen and oxygen atoms in total. The molecule has 130 valence electrons. The van der Waals surface area contributed by atoms with Gasteiger partial charge in [0, 0.05) is 17.8 Å². The number of hydrogen-bond acceptors (Lipinski definition) is 6. The molecule has 0 amide bonds. The van der Waals surface area contributed by atoms with Gasteiger partial charge in [-0.1, -0.05) is 17.7 Å². The number of fused-ring (bicyclic) bond motifs is 1. The van der Waals surface area contributed by atoms with Gasteiger partial charge in [0.15, 0.2) is 0 Å². The Morgan fingerprint density at radius 2 is 1.96 bits per heavy atom. The molecule has 4 rings (SSSR count). The first-order valence-electron chi connectivity index (χ1n) is 8.16. The van der Waals surface area contributed by atoms with E-state index >= 15 is 0 Å². The van der Waals surface area contributed by atoms with Crippen molar-refractivity contribution >= 4 is 39.0 Å². The molecule has 0 saturated carbocycles. The average molecular weight is 382 g/mol. The van der Waals surface area contributed by atoms with Gasteiger partial charge < -0.3 is 5.32 Å². The third-order valence-electron chi connectivity index (χ3n) is 4.08. The van der Waals surface area contributed by atoms with E-state index in [-0.39, 0.29) is 6.04 Å². The molecule has 0 saturated heterocycles. The normalized spacial score (nSPS) is 12.3. The van der Waals surface area contributed by atoms with Crippen molar-refractivity contribution in [3.8, 4) is 11.3 Å². The molecule has 1 N–H and O–H groups in total. The largest absolute Gasteiger partial charge is 0.363 e. The van der Waals surface area contributed by atoms with Crippen LogP contribution in [0.5, 0.6) is 0 Å². The number of pyridine rings is 1. The number of nitrogens with zero attached hydrogens (tertiary/aromatic N) is 4. The summed E-state index contributed by atoms with van der Waals surface area (Å²) in [6.45, 7) is 3.96. The minimum absolute atomic E-state index is 0.0432. The third kappa shape index (κ3) is 3.52. The van der Waals surface area contributed by atoms with E-state index in [4.69, 9.17) is 11.6 Å². The van der Waals surface area contributed by atoms with Crippen LogP contribution in [-0.4, -0.2) is 19.9 Å². The highest BCUT2D eigenvalue weighted by Crippen LogP contribution is 2.27. The van der Waals surface area contributed by atoms with Crippen LogP contribution >= 0.6 is 22.9 Å². The van der Waals surface area contributed by atoms with Crippen LogP contribution in [0.25, 0.3) is 21.5 Å². The van der Waals surface area contributed by atoms with E-state index in [0.29, 0.717) is 5.15 Å². The van der Waals surface area contributed by atoms with Crippen molar-refractivity contribution in [3.05, 3.63) is 64.6 Å². The Kier molecular flexibility index (Phi) is 4.53. The monoisotopic (exact) mass is 381 g/mol. The molecule has 0 aliphatic carbocycles. The molecule has 4 aromatic rings. The molecule has 0 aliphatic rings. The number of anilines is 1. The summed E-state index contributed by atoms with van der Waals surface area (Å²) in [5.74, 6) is 1.49. The predicted molar refractivity (Wildman–Crippen MR) is 107 cm³/mol. The maximum atomic E-state index is 5.99. The summed E-state index contributed by atoms with van der Waals surface area (Å²) in [5.41, 5.74) is 5.85. The summed E-state index contributed by atoms with van der Waals surface area (Å²) in [7, 11) is 0. The van der Waals surface area contributed by atoms with Crippen LogP contribution in [0.2, 0.25) is 5.15 Å². The van der Waals surface area contributed by atoms with Crippen LogP contribution in [0.15, 0.2) is 48.1 Å². The van der Waals surface area contributed by atoms with Crippen molar-refractivity contribution in [2.45, 2.75) is 19.9 Å². The fraction of sp³-hybridized carbons (Fsp3) is 0.158. The topological polar surface area (TPSA) is 63.6 Å². The molecular weight excluding hydrogens is 366 g/mol. The van der Waals surface area contributed by atoms with E-state index in [1.165, 1.54) is 0 Å². The summed E-state index contributed by atoms with van der Waals surface area (Å²) in [6, 6.07) is 12.0. The first-order valence-corrected chi connectivity index (χ1v) is 9.41. The molecule has 0 bridgehead atoms. The molecule has 7 heteroatoms. The highest BCUT2D eigenvalue weighted by molar-refractivity contribution is 7.16. The molecule has 0 spiro atoms. The molecule has 3 aromatic heterocycles. The summed E-state index contributed by atoms with van der Waals surface area (Å²) >= 11 is 7.62. The molecule has 0 radical (unpaired) electrons. The van der Waals surface area contributed by atoms with Crippen LogP contribution < -0.4 is 5.32 Å². The van der Waals surface area contributed by atoms with Gasteiger partial charge >= 0.3 is 0 Å². The Hall–Kier alpha value is -2.57. The van der Waals surface area contributed by atoms with Crippen LogP contribution in [-0.2, 0) is 0 Å². The van der Waals surface area contributed by atoms with E-state index in [9.17, 15) is 0 Å². The van der Waals surface area contributed by atoms with Gasteiger partial charge in [0.05, 0.1) is 27.5 Å². The van der Waals surface area contributed by atoms with Crippen LogP contribution in [0, 0.1) is 6.92 Å². The average Bonchev–Trinajstić information content (AvgIpc) is 3.09. The summed E-state index contributed by atoms with van der Waals surface area (Å²) in [6.07, 6.45) is 1.71. The van der Waals surface area contributed by atoms with E-state index in [2.05, 4.69) is 38.2 Å². The fourth-order valence-electron chi connectivity index (χ4n) is 2.80. The Morgan fingerprint density at radius 1 is 1.08 bits per heavy atom. The molecule has 1 atom stereocenters. The minimum Gasteiger partial charge on any atom is -0.363 e. The molecule has 0 fully saturated rings. The van der Waals surface area contributed by atoms with Gasteiger partial charge in [-0.3, -0.25) is 0 Å². The van der Waals surface area contributed by atoms with Gasteiger partial charge in [-0.15, -0.1) is 11.3 Å². The van der Waals surface area contributed by atoms with E-state index in [1.807, 2.05) is 42.8 Å². The van der Waals surface area contributed by atoms with Gasteiger partial charge in [0.1, 0.15) is 16.8 Å². The fourth-order valence-corrected chi connectivity index (χ4v) is 3.69. The number of nitrogens with one attached hydrogen (secondary N) is 1. The first kappa shape index (κ1) is 16.9. The number of benzene rings is 1. The maximum absolute atomic E-state index is 5.99. The SMILES string of the molecule is Cc1nc(NC(C)c2ccnc(Cl)c2)cc(-c2ccc3ncsc3c2)n1. The Bertz CT molecular complexity index is 1080. The van der Waals surface area contributed by atoms with E-state index in [0.717, 1.165) is 38.7 Å². The molecule has 0 aliphatic heterocycles. The number of rotatable bonds is 4. The predicted octanol–water partition coefficient (Wildman–Crippen LogP) is 5.28.